The molecule has 0 saturated carbocycles. The molecule has 0 spiro atoms. The monoisotopic (exact) mass is 285 g/mol. The van der Waals surface area contributed by atoms with Crippen molar-refractivity contribution in [3.05, 3.63) is 47.8 Å². The second kappa shape index (κ2) is 5.84. The van der Waals surface area contributed by atoms with E-state index < -0.39 is 0 Å². The van der Waals surface area contributed by atoms with Gasteiger partial charge in [0.25, 0.3) is 5.91 Å². The molecule has 1 heterocycles. The molecule has 3 rings (SSSR count). The molecule has 2 nitrogen and oxygen atoms in total. The molecule has 2 aromatic carbocycles. The molecule has 0 radical (unpaired) electrons. The molecule has 1 fully saturated rings. The molecule has 1 atom stereocenters. The van der Waals surface area contributed by atoms with Crippen LogP contribution in [0.2, 0.25) is 0 Å². The van der Waals surface area contributed by atoms with Crippen LogP contribution < -0.4 is 0 Å². The molecule has 1 aliphatic heterocycles. The fourth-order valence-corrected chi connectivity index (χ4v) is 3.18. The van der Waals surface area contributed by atoms with Gasteiger partial charge < -0.3 is 4.90 Å². The molecule has 2 aromatic rings. The van der Waals surface area contributed by atoms with Gasteiger partial charge in [0.15, 0.2) is 0 Å². The van der Waals surface area contributed by atoms with Gasteiger partial charge in [-0.3, -0.25) is 4.79 Å². The number of halogens is 1. The molecule has 21 heavy (non-hydrogen) atoms. The second-order valence-electron chi connectivity index (χ2n) is 5.84. The summed E-state index contributed by atoms with van der Waals surface area (Å²) in [6.07, 6.45) is 4.45. The van der Waals surface area contributed by atoms with Gasteiger partial charge in [-0.25, -0.2) is 4.39 Å². The molecule has 1 saturated heterocycles. The highest BCUT2D eigenvalue weighted by atomic mass is 19.1. The number of likely N-dealkylation sites (tertiary alicyclic amines) is 1. The smallest absolute Gasteiger partial charge is 0.254 e. The summed E-state index contributed by atoms with van der Waals surface area (Å²) in [5.74, 6) is -0.244. The van der Waals surface area contributed by atoms with Crippen molar-refractivity contribution in [1.29, 1.82) is 0 Å². The number of hydrogen-bond donors (Lipinski definition) is 0. The number of rotatable bonds is 1. The molecule has 0 N–H and O–H groups in total. The van der Waals surface area contributed by atoms with E-state index in [1.807, 2.05) is 17.0 Å². The predicted molar refractivity (Wildman–Crippen MR) is 82.9 cm³/mol. The van der Waals surface area contributed by atoms with Crippen LogP contribution in [0.3, 0.4) is 0 Å². The van der Waals surface area contributed by atoms with Crippen LogP contribution in [-0.4, -0.2) is 23.4 Å². The molecule has 0 aromatic heterocycles. The van der Waals surface area contributed by atoms with Crippen LogP contribution in [0.1, 0.15) is 43.0 Å². The predicted octanol–water partition coefficient (Wildman–Crippen LogP) is 4.38. The minimum Gasteiger partial charge on any atom is -0.336 e. The fraction of sp³-hybridized carbons (Fsp3) is 0.389. The normalized spacial score (nSPS) is 19.5. The molecule has 0 bridgehead atoms. The van der Waals surface area contributed by atoms with Crippen molar-refractivity contribution in [3.8, 4) is 0 Å². The Morgan fingerprint density at radius 3 is 2.67 bits per heavy atom. The Kier molecular flexibility index (Phi) is 3.91. The zero-order valence-electron chi connectivity index (χ0n) is 12.3. The van der Waals surface area contributed by atoms with Gasteiger partial charge in [-0.1, -0.05) is 37.1 Å². The first kappa shape index (κ1) is 14.1. The van der Waals surface area contributed by atoms with E-state index in [1.54, 1.807) is 18.2 Å². The summed E-state index contributed by atoms with van der Waals surface area (Å²) in [7, 11) is 0. The standard InChI is InChI=1S/C18H20FNO/c1-13-7-3-2-6-12-20(13)18(21)16-10-11-17(19)15-9-5-4-8-14(15)16/h4-5,8-11,13H,2-3,6-7,12H2,1H3. The summed E-state index contributed by atoms with van der Waals surface area (Å²) in [4.78, 5) is 14.8. The van der Waals surface area contributed by atoms with Crippen LogP contribution in [0.4, 0.5) is 4.39 Å². The van der Waals surface area contributed by atoms with E-state index in [1.165, 1.54) is 18.9 Å². The van der Waals surface area contributed by atoms with E-state index in [2.05, 4.69) is 6.92 Å². The minimum absolute atomic E-state index is 0.0283. The average Bonchev–Trinajstić information content (AvgIpc) is 2.72. The largest absolute Gasteiger partial charge is 0.336 e. The van der Waals surface area contributed by atoms with E-state index in [0.29, 0.717) is 16.3 Å². The number of hydrogen-bond acceptors (Lipinski definition) is 1. The maximum Gasteiger partial charge on any atom is 0.254 e. The quantitative estimate of drug-likeness (QED) is 0.761. The lowest BCUT2D eigenvalue weighted by atomic mass is 10.0. The molecular formula is C18H20FNO. The van der Waals surface area contributed by atoms with Crippen LogP contribution in [0.15, 0.2) is 36.4 Å². The SMILES string of the molecule is CC1CCCCCN1C(=O)c1ccc(F)c2ccccc12. The Morgan fingerprint density at radius 2 is 1.86 bits per heavy atom. The minimum atomic E-state index is -0.272. The topological polar surface area (TPSA) is 20.3 Å². The summed E-state index contributed by atoms with van der Waals surface area (Å²) in [5, 5.41) is 1.23. The summed E-state index contributed by atoms with van der Waals surface area (Å²) < 4.78 is 13.9. The summed E-state index contributed by atoms with van der Waals surface area (Å²) in [5.41, 5.74) is 0.612. The summed E-state index contributed by atoms with van der Waals surface area (Å²) in [6.45, 7) is 2.90. The number of benzene rings is 2. The number of fused-ring (bicyclic) bond motifs is 1. The number of carbonyl (C=O) groups is 1. The van der Waals surface area contributed by atoms with E-state index in [4.69, 9.17) is 0 Å². The third kappa shape index (κ3) is 2.65. The molecule has 1 amide bonds. The van der Waals surface area contributed by atoms with E-state index in [0.717, 1.165) is 19.4 Å². The maximum absolute atomic E-state index is 13.9. The van der Waals surface area contributed by atoms with Crippen molar-refractivity contribution in [3.63, 3.8) is 0 Å². The maximum atomic E-state index is 13.9. The second-order valence-corrected chi connectivity index (χ2v) is 5.84. The highest BCUT2D eigenvalue weighted by molar-refractivity contribution is 6.07. The molecule has 110 valence electrons. The van der Waals surface area contributed by atoms with Gasteiger partial charge in [0, 0.05) is 23.5 Å². The lowest BCUT2D eigenvalue weighted by Crippen LogP contribution is -2.38. The van der Waals surface area contributed by atoms with Crippen LogP contribution in [0.25, 0.3) is 10.8 Å². The third-order valence-corrected chi connectivity index (χ3v) is 4.42. The van der Waals surface area contributed by atoms with Crippen molar-refractivity contribution < 1.29 is 9.18 Å². The molecule has 1 unspecified atom stereocenters. The first-order valence-electron chi connectivity index (χ1n) is 7.66. The fourth-order valence-electron chi connectivity index (χ4n) is 3.18. The van der Waals surface area contributed by atoms with Gasteiger partial charge in [0.2, 0.25) is 0 Å². The van der Waals surface area contributed by atoms with Crippen LogP contribution in [-0.2, 0) is 0 Å². The lowest BCUT2D eigenvalue weighted by molar-refractivity contribution is 0.0700. The highest BCUT2D eigenvalue weighted by Gasteiger charge is 2.24. The van der Waals surface area contributed by atoms with Crippen molar-refractivity contribution in [2.75, 3.05) is 6.54 Å². The Bertz CT molecular complexity index is 667. The molecule has 0 aliphatic carbocycles. The third-order valence-electron chi connectivity index (χ3n) is 4.42. The first-order valence-corrected chi connectivity index (χ1v) is 7.66. The Morgan fingerprint density at radius 1 is 1.10 bits per heavy atom. The zero-order valence-corrected chi connectivity index (χ0v) is 12.3. The molecular weight excluding hydrogens is 265 g/mol. The van der Waals surface area contributed by atoms with Gasteiger partial charge in [0.05, 0.1) is 0 Å². The van der Waals surface area contributed by atoms with E-state index in [9.17, 15) is 9.18 Å². The van der Waals surface area contributed by atoms with Gasteiger partial charge in [0.1, 0.15) is 5.82 Å². The van der Waals surface area contributed by atoms with Crippen molar-refractivity contribution >= 4 is 16.7 Å². The molecule has 3 heteroatoms. The summed E-state index contributed by atoms with van der Waals surface area (Å²) >= 11 is 0. The summed E-state index contributed by atoms with van der Waals surface area (Å²) in [6, 6.07) is 10.5. The highest BCUT2D eigenvalue weighted by Crippen LogP contribution is 2.25. The van der Waals surface area contributed by atoms with Crippen LogP contribution in [0, 0.1) is 5.82 Å². The average molecular weight is 285 g/mol. The first-order chi connectivity index (χ1) is 10.2. The van der Waals surface area contributed by atoms with Crippen LogP contribution >= 0.6 is 0 Å². The Labute approximate surface area is 124 Å². The lowest BCUT2D eigenvalue weighted by Gasteiger charge is -2.27. The van der Waals surface area contributed by atoms with Gasteiger partial charge >= 0.3 is 0 Å². The van der Waals surface area contributed by atoms with Gasteiger partial charge in [-0.15, -0.1) is 0 Å². The number of carbonyl (C=O) groups excluding carboxylic acids is 1. The Balaban J connectivity index is 2.03. The number of nitrogens with zero attached hydrogens (tertiary/aromatic N) is 1. The van der Waals surface area contributed by atoms with E-state index in [-0.39, 0.29) is 17.8 Å². The van der Waals surface area contributed by atoms with Gasteiger partial charge in [-0.2, -0.15) is 0 Å². The van der Waals surface area contributed by atoms with Crippen molar-refractivity contribution in [2.45, 2.75) is 38.6 Å². The van der Waals surface area contributed by atoms with E-state index >= 15 is 0 Å². The van der Waals surface area contributed by atoms with Crippen molar-refractivity contribution in [2.24, 2.45) is 0 Å². The van der Waals surface area contributed by atoms with Crippen LogP contribution in [0.5, 0.6) is 0 Å². The van der Waals surface area contributed by atoms with Gasteiger partial charge in [-0.05, 0) is 37.3 Å². The van der Waals surface area contributed by atoms with Crippen molar-refractivity contribution in [1.82, 2.24) is 4.90 Å². The molecule has 1 aliphatic rings. The zero-order chi connectivity index (χ0) is 14.8. The Hall–Kier alpha value is -1.90. The number of amides is 1.